The molecule has 1 unspecified atom stereocenters. The molecular weight excluding hydrogens is 294 g/mol. The van der Waals surface area contributed by atoms with Gasteiger partial charge in [0.2, 0.25) is 0 Å². The minimum atomic E-state index is 0.202. The van der Waals surface area contributed by atoms with Crippen molar-refractivity contribution in [3.8, 4) is 6.07 Å². The quantitative estimate of drug-likeness (QED) is 0.885. The maximum absolute atomic E-state index is 8.94. The summed E-state index contributed by atoms with van der Waals surface area (Å²) in [4.78, 5) is 2.15. The monoisotopic (exact) mass is 313 g/mol. The molecule has 1 N–H and O–H groups in total. The van der Waals surface area contributed by atoms with Crippen molar-refractivity contribution in [3.63, 3.8) is 0 Å². The molecule has 0 amide bonds. The molecule has 0 aliphatic heterocycles. The van der Waals surface area contributed by atoms with E-state index in [1.807, 2.05) is 56.6 Å². The Hall–Kier alpha value is -1.86. The fraction of sp³-hybridized carbons (Fsp3) is 0.278. The Kier molecular flexibility index (Phi) is 5.97. The fourth-order valence-electron chi connectivity index (χ4n) is 2.42. The average molecular weight is 314 g/mol. The number of hydrogen-bond donors (Lipinski definition) is 1. The predicted octanol–water partition coefficient (Wildman–Crippen LogP) is 3.60. The van der Waals surface area contributed by atoms with Gasteiger partial charge in [0, 0.05) is 24.2 Å². The third kappa shape index (κ3) is 4.32. The Morgan fingerprint density at radius 2 is 1.95 bits per heavy atom. The molecule has 114 valence electrons. The van der Waals surface area contributed by atoms with E-state index in [0.717, 1.165) is 29.2 Å². The number of nitrogens with one attached hydrogen (secondary N) is 1. The lowest BCUT2D eigenvalue weighted by atomic mass is 10.1. The second-order valence-corrected chi connectivity index (χ2v) is 5.85. The summed E-state index contributed by atoms with van der Waals surface area (Å²) < 4.78 is 0. The zero-order valence-corrected chi connectivity index (χ0v) is 13.6. The molecule has 1 atom stereocenters. The van der Waals surface area contributed by atoms with Crippen molar-refractivity contribution in [3.05, 3.63) is 70.2 Å². The second kappa shape index (κ2) is 7.95. The Labute approximate surface area is 137 Å². The summed E-state index contributed by atoms with van der Waals surface area (Å²) in [7, 11) is 4.10. The molecule has 0 aliphatic rings. The van der Waals surface area contributed by atoms with Gasteiger partial charge in [-0.15, -0.1) is 0 Å². The van der Waals surface area contributed by atoms with E-state index in [1.165, 1.54) is 0 Å². The van der Waals surface area contributed by atoms with Crippen LogP contribution < -0.4 is 5.32 Å². The van der Waals surface area contributed by atoms with E-state index in [9.17, 15) is 0 Å². The molecule has 0 spiro atoms. The highest BCUT2D eigenvalue weighted by Gasteiger charge is 2.16. The molecule has 0 radical (unpaired) electrons. The minimum absolute atomic E-state index is 0.202. The molecule has 3 nitrogen and oxygen atoms in total. The second-order valence-electron chi connectivity index (χ2n) is 5.44. The van der Waals surface area contributed by atoms with Gasteiger partial charge in [-0.05, 0) is 43.4 Å². The van der Waals surface area contributed by atoms with Crippen LogP contribution in [0.5, 0.6) is 0 Å². The number of halogens is 1. The van der Waals surface area contributed by atoms with Gasteiger partial charge in [-0.25, -0.2) is 0 Å². The van der Waals surface area contributed by atoms with Crippen LogP contribution in [0.25, 0.3) is 0 Å². The van der Waals surface area contributed by atoms with Crippen molar-refractivity contribution in [1.82, 2.24) is 10.2 Å². The van der Waals surface area contributed by atoms with Crippen LogP contribution in [-0.2, 0) is 6.54 Å². The number of rotatable bonds is 6. The van der Waals surface area contributed by atoms with E-state index in [2.05, 4.69) is 22.4 Å². The molecule has 22 heavy (non-hydrogen) atoms. The molecule has 2 aromatic carbocycles. The van der Waals surface area contributed by atoms with Gasteiger partial charge in [0.25, 0.3) is 0 Å². The largest absolute Gasteiger partial charge is 0.311 e. The van der Waals surface area contributed by atoms with E-state index >= 15 is 0 Å². The molecule has 0 bridgehead atoms. The molecule has 0 fully saturated rings. The smallest absolute Gasteiger partial charge is 0.0991 e. The normalized spacial score (nSPS) is 12.1. The Bertz CT molecular complexity index is 661. The van der Waals surface area contributed by atoms with Gasteiger partial charge in [-0.1, -0.05) is 41.9 Å². The van der Waals surface area contributed by atoms with Crippen LogP contribution >= 0.6 is 11.6 Å². The predicted molar refractivity (Wildman–Crippen MR) is 90.7 cm³/mol. The van der Waals surface area contributed by atoms with E-state index in [4.69, 9.17) is 16.9 Å². The minimum Gasteiger partial charge on any atom is -0.311 e. The van der Waals surface area contributed by atoms with Crippen molar-refractivity contribution in [1.29, 1.82) is 5.26 Å². The highest BCUT2D eigenvalue weighted by atomic mass is 35.5. The molecular formula is C18H20ClN3. The van der Waals surface area contributed by atoms with Crippen LogP contribution in [0.15, 0.2) is 48.5 Å². The Balaban J connectivity index is 2.01. The summed E-state index contributed by atoms with van der Waals surface area (Å²) >= 11 is 6.31. The molecule has 2 rings (SSSR count). The Morgan fingerprint density at radius 3 is 2.64 bits per heavy atom. The maximum Gasteiger partial charge on any atom is 0.0991 e. The van der Waals surface area contributed by atoms with Gasteiger partial charge < -0.3 is 10.2 Å². The summed E-state index contributed by atoms with van der Waals surface area (Å²) in [6.45, 7) is 1.51. The van der Waals surface area contributed by atoms with E-state index in [-0.39, 0.29) is 6.04 Å². The number of likely N-dealkylation sites (N-methyl/N-ethyl adjacent to an activating group) is 1. The standard InChI is InChI=1S/C18H20ClN3/c1-22(2)18(16-8-3-4-9-17(16)19)13-21-12-15-7-5-6-14(10-15)11-20/h3-10,18,21H,12-13H2,1-2H3. The first-order chi connectivity index (χ1) is 10.6. The van der Waals surface area contributed by atoms with Gasteiger partial charge in [0.05, 0.1) is 11.6 Å². The molecule has 0 heterocycles. The van der Waals surface area contributed by atoms with Gasteiger partial charge >= 0.3 is 0 Å². The summed E-state index contributed by atoms with van der Waals surface area (Å²) in [6.07, 6.45) is 0. The highest BCUT2D eigenvalue weighted by molar-refractivity contribution is 6.31. The van der Waals surface area contributed by atoms with Crippen LogP contribution in [0, 0.1) is 11.3 Å². The SMILES string of the molecule is CN(C)C(CNCc1cccc(C#N)c1)c1ccccc1Cl. The summed E-state index contributed by atoms with van der Waals surface area (Å²) in [5.74, 6) is 0. The molecule has 0 aliphatic carbocycles. The van der Waals surface area contributed by atoms with Crippen LogP contribution in [0.3, 0.4) is 0 Å². The molecule has 0 saturated carbocycles. The fourth-order valence-corrected chi connectivity index (χ4v) is 2.68. The highest BCUT2D eigenvalue weighted by Crippen LogP contribution is 2.25. The Morgan fingerprint density at radius 1 is 1.18 bits per heavy atom. The molecule has 0 aromatic heterocycles. The third-order valence-electron chi connectivity index (χ3n) is 3.61. The van der Waals surface area contributed by atoms with Crippen molar-refractivity contribution in [2.75, 3.05) is 20.6 Å². The lowest BCUT2D eigenvalue weighted by molar-refractivity contribution is 0.288. The van der Waals surface area contributed by atoms with Gasteiger partial charge in [-0.2, -0.15) is 5.26 Å². The van der Waals surface area contributed by atoms with Crippen molar-refractivity contribution >= 4 is 11.6 Å². The summed E-state index contributed by atoms with van der Waals surface area (Å²) in [5, 5.41) is 13.2. The zero-order valence-electron chi connectivity index (χ0n) is 12.9. The van der Waals surface area contributed by atoms with E-state index in [0.29, 0.717) is 5.56 Å². The van der Waals surface area contributed by atoms with Crippen LogP contribution in [-0.4, -0.2) is 25.5 Å². The lowest BCUT2D eigenvalue weighted by Gasteiger charge is -2.26. The average Bonchev–Trinajstić information content (AvgIpc) is 2.52. The third-order valence-corrected chi connectivity index (χ3v) is 3.95. The number of nitrogens with zero attached hydrogens (tertiary/aromatic N) is 2. The summed E-state index contributed by atoms with van der Waals surface area (Å²) in [6, 6.07) is 18.0. The van der Waals surface area contributed by atoms with Crippen LogP contribution in [0.2, 0.25) is 5.02 Å². The number of nitriles is 1. The van der Waals surface area contributed by atoms with Crippen molar-refractivity contribution in [2.24, 2.45) is 0 Å². The first-order valence-electron chi connectivity index (χ1n) is 7.22. The van der Waals surface area contributed by atoms with Gasteiger partial charge in [-0.3, -0.25) is 0 Å². The van der Waals surface area contributed by atoms with E-state index in [1.54, 1.807) is 0 Å². The lowest BCUT2D eigenvalue weighted by Crippen LogP contribution is -2.31. The molecule has 0 saturated heterocycles. The maximum atomic E-state index is 8.94. The number of benzene rings is 2. The molecule has 2 aromatic rings. The van der Waals surface area contributed by atoms with E-state index < -0.39 is 0 Å². The first kappa shape index (κ1) is 16.5. The van der Waals surface area contributed by atoms with Gasteiger partial charge in [0.15, 0.2) is 0 Å². The van der Waals surface area contributed by atoms with Crippen molar-refractivity contribution < 1.29 is 0 Å². The molecule has 4 heteroatoms. The number of hydrogen-bond acceptors (Lipinski definition) is 3. The topological polar surface area (TPSA) is 39.1 Å². The van der Waals surface area contributed by atoms with Crippen molar-refractivity contribution in [2.45, 2.75) is 12.6 Å². The zero-order chi connectivity index (χ0) is 15.9. The van der Waals surface area contributed by atoms with Crippen LogP contribution in [0.4, 0.5) is 0 Å². The van der Waals surface area contributed by atoms with Gasteiger partial charge in [0.1, 0.15) is 0 Å². The van der Waals surface area contributed by atoms with Crippen LogP contribution in [0.1, 0.15) is 22.7 Å². The first-order valence-corrected chi connectivity index (χ1v) is 7.60. The summed E-state index contributed by atoms with van der Waals surface area (Å²) in [5.41, 5.74) is 2.91.